The van der Waals surface area contributed by atoms with E-state index in [2.05, 4.69) is 43.2 Å². The lowest BCUT2D eigenvalue weighted by Crippen LogP contribution is -2.28. The summed E-state index contributed by atoms with van der Waals surface area (Å²) in [7, 11) is 5.18. The van der Waals surface area contributed by atoms with Crippen molar-refractivity contribution in [2.75, 3.05) is 14.1 Å². The molecule has 1 aromatic carbocycles. The molecule has 4 heteroatoms. The molecule has 0 aliphatic heterocycles. The van der Waals surface area contributed by atoms with Crippen molar-refractivity contribution in [3.8, 4) is 0 Å². The average molecular weight is 169 g/mol. The van der Waals surface area contributed by atoms with Crippen molar-refractivity contribution in [2.24, 2.45) is 0 Å². The zero-order valence-electron chi connectivity index (χ0n) is 7.54. The van der Waals surface area contributed by atoms with Gasteiger partial charge < -0.3 is 15.8 Å². The Morgan fingerprint density at radius 2 is 1.50 bits per heavy atom. The van der Waals surface area contributed by atoms with Gasteiger partial charge in [-0.2, -0.15) is 0 Å². The van der Waals surface area contributed by atoms with Gasteiger partial charge in [0.15, 0.2) is 0 Å². The minimum Gasteiger partial charge on any atom is -0.412 e. The average Bonchev–Trinajstić information content (AvgIpc) is 1.88. The van der Waals surface area contributed by atoms with E-state index in [0.717, 1.165) is 7.41 Å². The zero-order valence-corrected chi connectivity index (χ0v) is 7.54. The van der Waals surface area contributed by atoms with Crippen molar-refractivity contribution in [3.05, 3.63) is 30.3 Å². The van der Waals surface area contributed by atoms with E-state index in [1.54, 1.807) is 0 Å². The van der Waals surface area contributed by atoms with Crippen molar-refractivity contribution in [3.63, 3.8) is 0 Å². The molecule has 0 aliphatic rings. The fourth-order valence-electron chi connectivity index (χ4n) is 0.949. The van der Waals surface area contributed by atoms with Crippen LogP contribution in [0.15, 0.2) is 30.3 Å². The molecule has 3 nitrogen and oxygen atoms in total. The Balaban J connectivity index is 0. The summed E-state index contributed by atoms with van der Waals surface area (Å²) in [6, 6.07) is 10.5. The maximum Gasteiger partial charge on any atom is 0.238 e. The van der Waals surface area contributed by atoms with Crippen LogP contribution in [0.5, 0.6) is 0 Å². The predicted octanol–water partition coefficient (Wildman–Crippen LogP) is -1.42. The molecule has 0 radical (unpaired) electrons. The van der Waals surface area contributed by atoms with Crippen LogP contribution in [0, 0.1) is 0 Å². The molecule has 0 saturated carbocycles. The molecule has 0 bridgehead atoms. The third kappa shape index (κ3) is 4.90. The second kappa shape index (κ2) is 6.85. The highest BCUT2D eigenvalue weighted by Crippen LogP contribution is 1.81. The van der Waals surface area contributed by atoms with Gasteiger partial charge in [-0.15, -0.1) is 0 Å². The topological polar surface area (TPSA) is 66.2 Å². The lowest BCUT2D eigenvalue weighted by atomic mass is 9.82. The van der Waals surface area contributed by atoms with Crippen LogP contribution in [-0.2, 0) is 0 Å². The van der Waals surface area contributed by atoms with Crippen molar-refractivity contribution in [1.29, 1.82) is 0 Å². The van der Waals surface area contributed by atoms with Gasteiger partial charge in [-0.05, 0) is 14.1 Å². The van der Waals surface area contributed by atoms with E-state index in [-0.39, 0.29) is 11.0 Å². The molecule has 0 fully saturated rings. The molecule has 0 amide bonds. The van der Waals surface area contributed by atoms with E-state index < -0.39 is 0 Å². The van der Waals surface area contributed by atoms with Gasteiger partial charge in [-0.25, -0.2) is 0 Å². The predicted molar refractivity (Wildman–Crippen MR) is 54.1 cm³/mol. The van der Waals surface area contributed by atoms with Crippen LogP contribution in [0.3, 0.4) is 0 Å². The van der Waals surface area contributed by atoms with Crippen LogP contribution in [0.4, 0.5) is 0 Å². The zero-order chi connectivity index (χ0) is 7.40. The minimum atomic E-state index is 0. The summed E-state index contributed by atoms with van der Waals surface area (Å²) in [5, 5.41) is 0. The Morgan fingerprint density at radius 1 is 1.00 bits per heavy atom. The van der Waals surface area contributed by atoms with E-state index in [1.165, 1.54) is 5.46 Å². The van der Waals surface area contributed by atoms with Crippen LogP contribution >= 0.6 is 0 Å². The monoisotopic (exact) mass is 169 g/mol. The first-order valence-electron chi connectivity index (χ1n) is 3.47. The molecule has 0 aliphatic carbocycles. The molecule has 0 heterocycles. The molecule has 4 N–H and O–H groups in total. The van der Waals surface area contributed by atoms with Crippen molar-refractivity contribution in [2.45, 2.75) is 0 Å². The molecule has 0 spiro atoms. The Bertz CT molecular complexity index is 192. The van der Waals surface area contributed by atoms with Crippen LogP contribution in [0.2, 0.25) is 0 Å². The molecule has 0 saturated heterocycles. The minimum absolute atomic E-state index is 0. The summed E-state index contributed by atoms with van der Waals surface area (Å²) in [5.74, 6) is 0. The molecule has 0 unspecified atom stereocenters. The number of benzene rings is 1. The summed E-state index contributed by atoms with van der Waals surface area (Å²) in [6.07, 6.45) is 0. The fraction of sp³-hybridized carbons (Fsp3) is 0.250. The fourth-order valence-corrected chi connectivity index (χ4v) is 0.949. The van der Waals surface area contributed by atoms with E-state index in [1.807, 2.05) is 6.07 Å². The van der Waals surface area contributed by atoms with Gasteiger partial charge >= 0.3 is 0 Å². The number of hydrogen-bond donors (Lipinski definition) is 0. The first-order valence-corrected chi connectivity index (χ1v) is 3.47. The summed E-state index contributed by atoms with van der Waals surface area (Å²) < 4.78 is 0. The van der Waals surface area contributed by atoms with E-state index in [4.69, 9.17) is 0 Å². The van der Waals surface area contributed by atoms with Gasteiger partial charge in [0.25, 0.3) is 0 Å². The molecule has 68 valence electrons. The highest BCUT2D eigenvalue weighted by molar-refractivity contribution is 6.50. The normalized spacial score (nSPS) is 8.25. The maximum absolute atomic E-state index is 2.16. The third-order valence-corrected chi connectivity index (χ3v) is 1.34. The highest BCUT2D eigenvalue weighted by Gasteiger charge is 1.94. The summed E-state index contributed by atoms with van der Waals surface area (Å²) in [5.41, 5.74) is 1.37. The van der Waals surface area contributed by atoms with Gasteiger partial charge in [-0.1, -0.05) is 35.8 Å². The number of hydrogen-bond acceptors (Lipinski definition) is 1. The standard InChI is InChI=1S/C8H12BN.2H2O/c1-10(2)9-8-6-4-3-5-7-8;;/h3-7,9H,1-2H3;2*1H2. The number of nitrogens with zero attached hydrogens (tertiary/aromatic N) is 1. The summed E-state index contributed by atoms with van der Waals surface area (Å²) in [6.45, 7) is 0. The Kier molecular flexibility index (Phi) is 7.84. The van der Waals surface area contributed by atoms with Crippen LogP contribution < -0.4 is 5.46 Å². The smallest absolute Gasteiger partial charge is 0.238 e. The molecule has 1 aromatic rings. The van der Waals surface area contributed by atoms with Crippen LogP contribution in [0.25, 0.3) is 0 Å². The Hall–Kier alpha value is -0.835. The van der Waals surface area contributed by atoms with Crippen LogP contribution in [-0.4, -0.2) is 37.3 Å². The number of rotatable bonds is 2. The SMILES string of the molecule is CN(C)Bc1ccccc1.O.O. The molecule has 0 atom stereocenters. The lowest BCUT2D eigenvalue weighted by Gasteiger charge is -2.05. The highest BCUT2D eigenvalue weighted by atomic mass is 16.0. The van der Waals surface area contributed by atoms with Gasteiger partial charge in [0.05, 0.1) is 0 Å². The molecule has 0 aromatic heterocycles. The van der Waals surface area contributed by atoms with E-state index in [9.17, 15) is 0 Å². The van der Waals surface area contributed by atoms with E-state index in [0.29, 0.717) is 0 Å². The van der Waals surface area contributed by atoms with Crippen molar-refractivity contribution in [1.82, 2.24) is 4.81 Å². The van der Waals surface area contributed by atoms with Gasteiger partial charge in [0.2, 0.25) is 7.41 Å². The van der Waals surface area contributed by atoms with Gasteiger partial charge in [0, 0.05) is 0 Å². The summed E-state index contributed by atoms with van der Waals surface area (Å²) in [4.78, 5) is 2.16. The van der Waals surface area contributed by atoms with Crippen LogP contribution in [0.1, 0.15) is 0 Å². The molecular weight excluding hydrogens is 153 g/mol. The van der Waals surface area contributed by atoms with Crippen molar-refractivity contribution < 1.29 is 11.0 Å². The molecule has 12 heavy (non-hydrogen) atoms. The van der Waals surface area contributed by atoms with Crippen molar-refractivity contribution >= 4 is 12.9 Å². The quantitative estimate of drug-likeness (QED) is 0.500. The second-order valence-electron chi connectivity index (χ2n) is 2.72. The molecular formula is C8H16BNO2. The second-order valence-corrected chi connectivity index (χ2v) is 2.72. The first-order chi connectivity index (χ1) is 4.79. The van der Waals surface area contributed by atoms with E-state index >= 15 is 0 Å². The maximum atomic E-state index is 2.16. The third-order valence-electron chi connectivity index (χ3n) is 1.34. The summed E-state index contributed by atoms with van der Waals surface area (Å²) >= 11 is 0. The lowest BCUT2D eigenvalue weighted by molar-refractivity contribution is 0.669. The van der Waals surface area contributed by atoms with Gasteiger partial charge in [-0.3, -0.25) is 0 Å². The van der Waals surface area contributed by atoms with Gasteiger partial charge in [0.1, 0.15) is 0 Å². The Morgan fingerprint density at radius 3 is 1.92 bits per heavy atom. The largest absolute Gasteiger partial charge is 0.412 e. The first kappa shape index (κ1) is 13.7. The Labute approximate surface area is 73.9 Å². The molecule has 1 rings (SSSR count).